The zero-order valence-corrected chi connectivity index (χ0v) is 16.0. The Morgan fingerprint density at radius 1 is 1.19 bits per heavy atom. The second-order valence-corrected chi connectivity index (χ2v) is 7.28. The van der Waals surface area contributed by atoms with Crippen LogP contribution in [0.1, 0.15) is 5.56 Å². The van der Waals surface area contributed by atoms with E-state index in [1.807, 2.05) is 53.7 Å². The zero-order chi connectivity index (χ0) is 18.8. The van der Waals surface area contributed by atoms with Gasteiger partial charge in [0.2, 0.25) is 5.91 Å². The molecule has 2 heterocycles. The monoisotopic (exact) mass is 380 g/mol. The molecule has 1 amide bonds. The zero-order valence-electron chi connectivity index (χ0n) is 15.2. The lowest BCUT2D eigenvalue weighted by molar-refractivity contribution is -0.117. The van der Waals surface area contributed by atoms with Crippen molar-refractivity contribution in [3.8, 4) is 5.75 Å². The number of likely N-dealkylation sites (N-methyl/N-ethyl adjacent to an activating group) is 1. The van der Waals surface area contributed by atoms with Crippen molar-refractivity contribution in [2.45, 2.75) is 6.54 Å². The molecular formula is C21H20N2O3S. The summed E-state index contributed by atoms with van der Waals surface area (Å²) in [6.07, 6.45) is 0. The summed E-state index contributed by atoms with van der Waals surface area (Å²) < 4.78 is 11.4. The third kappa shape index (κ3) is 3.67. The lowest BCUT2D eigenvalue weighted by Gasteiger charge is -2.16. The van der Waals surface area contributed by atoms with Gasteiger partial charge in [-0.05, 0) is 41.6 Å². The molecule has 0 spiro atoms. The topological polar surface area (TPSA) is 54.7 Å². The van der Waals surface area contributed by atoms with Gasteiger partial charge in [-0.3, -0.25) is 9.69 Å². The molecule has 138 valence electrons. The highest BCUT2D eigenvalue weighted by Gasteiger charge is 2.15. The fourth-order valence-electron chi connectivity index (χ4n) is 3.20. The van der Waals surface area contributed by atoms with E-state index in [1.54, 1.807) is 18.4 Å². The second-order valence-electron chi connectivity index (χ2n) is 6.50. The first-order chi connectivity index (χ1) is 13.1. The summed E-state index contributed by atoms with van der Waals surface area (Å²) in [5.74, 6) is 0.518. The van der Waals surface area contributed by atoms with Gasteiger partial charge in [-0.2, -0.15) is 11.3 Å². The van der Waals surface area contributed by atoms with Crippen molar-refractivity contribution in [1.82, 2.24) is 4.90 Å². The molecule has 4 rings (SSSR count). The predicted octanol–water partition coefficient (Wildman–Crippen LogP) is 4.73. The number of fused-ring (bicyclic) bond motifs is 3. The summed E-state index contributed by atoms with van der Waals surface area (Å²) in [4.78, 5) is 14.5. The highest BCUT2D eigenvalue weighted by molar-refractivity contribution is 7.07. The van der Waals surface area contributed by atoms with E-state index in [1.165, 1.54) is 5.56 Å². The van der Waals surface area contributed by atoms with E-state index < -0.39 is 0 Å². The van der Waals surface area contributed by atoms with Crippen LogP contribution in [0, 0.1) is 0 Å². The Kier molecular flexibility index (Phi) is 4.83. The number of carbonyl (C=O) groups is 1. The number of nitrogens with zero attached hydrogens (tertiary/aromatic N) is 1. The van der Waals surface area contributed by atoms with Crippen molar-refractivity contribution in [1.29, 1.82) is 0 Å². The molecule has 0 aliphatic carbocycles. The van der Waals surface area contributed by atoms with E-state index in [0.29, 0.717) is 11.4 Å². The molecule has 0 fully saturated rings. The van der Waals surface area contributed by atoms with Crippen LogP contribution in [0.15, 0.2) is 57.6 Å². The largest absolute Gasteiger partial charge is 0.495 e. The Bertz CT molecular complexity index is 1090. The molecule has 2 aromatic heterocycles. The fourth-order valence-corrected chi connectivity index (χ4v) is 3.86. The van der Waals surface area contributed by atoms with Crippen LogP contribution in [0.3, 0.4) is 0 Å². The van der Waals surface area contributed by atoms with Gasteiger partial charge < -0.3 is 14.5 Å². The van der Waals surface area contributed by atoms with Crippen LogP contribution in [-0.2, 0) is 11.3 Å². The van der Waals surface area contributed by atoms with Crippen molar-refractivity contribution in [2.75, 3.05) is 26.0 Å². The Hall–Kier alpha value is -2.83. The number of amides is 1. The molecule has 27 heavy (non-hydrogen) atoms. The highest BCUT2D eigenvalue weighted by Crippen LogP contribution is 2.36. The van der Waals surface area contributed by atoms with Gasteiger partial charge in [0.15, 0.2) is 0 Å². The van der Waals surface area contributed by atoms with E-state index in [-0.39, 0.29) is 12.5 Å². The Morgan fingerprint density at radius 2 is 2.04 bits per heavy atom. The minimum Gasteiger partial charge on any atom is -0.495 e. The summed E-state index contributed by atoms with van der Waals surface area (Å²) in [6, 6.07) is 13.7. The minimum atomic E-state index is -0.0958. The number of hydrogen-bond donors (Lipinski definition) is 1. The molecule has 0 saturated carbocycles. The molecular weight excluding hydrogens is 360 g/mol. The van der Waals surface area contributed by atoms with E-state index in [2.05, 4.69) is 16.8 Å². The number of thiophene rings is 1. The van der Waals surface area contributed by atoms with E-state index >= 15 is 0 Å². The molecule has 0 aliphatic rings. The summed E-state index contributed by atoms with van der Waals surface area (Å²) >= 11 is 1.66. The van der Waals surface area contributed by atoms with Gasteiger partial charge in [-0.1, -0.05) is 18.2 Å². The third-order valence-electron chi connectivity index (χ3n) is 4.42. The predicted molar refractivity (Wildman–Crippen MR) is 110 cm³/mol. The van der Waals surface area contributed by atoms with Crippen molar-refractivity contribution in [3.63, 3.8) is 0 Å². The van der Waals surface area contributed by atoms with Crippen molar-refractivity contribution in [2.24, 2.45) is 0 Å². The number of methoxy groups -OCH3 is 1. The number of furan rings is 1. The van der Waals surface area contributed by atoms with Crippen molar-refractivity contribution in [3.05, 3.63) is 58.8 Å². The van der Waals surface area contributed by atoms with E-state index in [0.717, 1.165) is 28.5 Å². The summed E-state index contributed by atoms with van der Waals surface area (Å²) in [7, 11) is 3.53. The average molecular weight is 380 g/mol. The first kappa shape index (κ1) is 17.6. The Labute approximate surface area is 161 Å². The Balaban J connectivity index is 1.55. The van der Waals surface area contributed by atoms with E-state index in [4.69, 9.17) is 9.15 Å². The van der Waals surface area contributed by atoms with Crippen LogP contribution < -0.4 is 10.1 Å². The molecule has 0 bridgehead atoms. The SMILES string of the molecule is COc1cc2c(cc1NC(=O)CN(C)Cc1ccsc1)oc1ccccc12. The number of rotatable bonds is 6. The van der Waals surface area contributed by atoms with Gasteiger partial charge >= 0.3 is 0 Å². The highest BCUT2D eigenvalue weighted by atomic mass is 32.1. The Morgan fingerprint density at radius 3 is 2.81 bits per heavy atom. The smallest absolute Gasteiger partial charge is 0.238 e. The van der Waals surface area contributed by atoms with Crippen LogP contribution in [-0.4, -0.2) is 31.5 Å². The molecule has 0 aliphatic heterocycles. The van der Waals surface area contributed by atoms with Crippen molar-refractivity contribution >= 4 is 44.9 Å². The summed E-state index contributed by atoms with van der Waals surface area (Å²) in [5.41, 5.74) is 3.35. The van der Waals surface area contributed by atoms with Gasteiger partial charge in [-0.25, -0.2) is 0 Å². The standard InChI is InChI=1S/C21H20N2O3S/c1-23(11-14-7-8-27-13-14)12-21(24)22-17-10-19-16(9-20(17)25-2)15-5-3-4-6-18(15)26-19/h3-10,13H,11-12H2,1-2H3,(H,22,24). The first-order valence-electron chi connectivity index (χ1n) is 8.63. The maximum Gasteiger partial charge on any atom is 0.238 e. The minimum absolute atomic E-state index is 0.0958. The molecule has 1 N–H and O–H groups in total. The van der Waals surface area contributed by atoms with Crippen LogP contribution in [0.5, 0.6) is 5.75 Å². The molecule has 4 aromatic rings. The van der Waals surface area contributed by atoms with Crippen LogP contribution in [0.2, 0.25) is 0 Å². The molecule has 0 saturated heterocycles. The summed E-state index contributed by atoms with van der Waals surface area (Å²) in [6.45, 7) is 1.02. The van der Waals surface area contributed by atoms with Gasteiger partial charge in [0, 0.05) is 23.4 Å². The quantitative estimate of drug-likeness (QED) is 0.526. The summed E-state index contributed by atoms with van der Waals surface area (Å²) in [5, 5.41) is 9.07. The molecule has 6 heteroatoms. The van der Waals surface area contributed by atoms with Crippen LogP contribution >= 0.6 is 11.3 Å². The molecule has 2 aromatic carbocycles. The lowest BCUT2D eigenvalue weighted by Crippen LogP contribution is -2.29. The third-order valence-corrected chi connectivity index (χ3v) is 5.15. The number of benzene rings is 2. The molecule has 0 atom stereocenters. The number of anilines is 1. The molecule has 0 radical (unpaired) electrons. The first-order valence-corrected chi connectivity index (χ1v) is 9.57. The lowest BCUT2D eigenvalue weighted by atomic mass is 10.1. The maximum atomic E-state index is 12.5. The number of para-hydroxylation sites is 1. The van der Waals surface area contributed by atoms with Gasteiger partial charge in [0.1, 0.15) is 16.9 Å². The van der Waals surface area contributed by atoms with Gasteiger partial charge in [0.05, 0.1) is 19.3 Å². The van der Waals surface area contributed by atoms with Gasteiger partial charge in [0.25, 0.3) is 0 Å². The van der Waals surface area contributed by atoms with Crippen LogP contribution in [0.4, 0.5) is 5.69 Å². The number of nitrogens with one attached hydrogen (secondary N) is 1. The van der Waals surface area contributed by atoms with Gasteiger partial charge in [-0.15, -0.1) is 0 Å². The number of hydrogen-bond acceptors (Lipinski definition) is 5. The number of carbonyl (C=O) groups excluding carboxylic acids is 1. The van der Waals surface area contributed by atoms with Crippen LogP contribution in [0.25, 0.3) is 21.9 Å². The fraction of sp³-hybridized carbons (Fsp3) is 0.190. The maximum absolute atomic E-state index is 12.5. The normalized spacial score (nSPS) is 11.4. The number of ether oxygens (including phenoxy) is 1. The average Bonchev–Trinajstić information content (AvgIpc) is 3.27. The molecule has 5 nitrogen and oxygen atoms in total. The van der Waals surface area contributed by atoms with Crippen molar-refractivity contribution < 1.29 is 13.9 Å². The second kappa shape index (κ2) is 7.42. The molecule has 0 unspecified atom stereocenters. The van der Waals surface area contributed by atoms with E-state index in [9.17, 15) is 4.79 Å².